The second kappa shape index (κ2) is 3.81. The van der Waals surface area contributed by atoms with Crippen LogP contribution in [-0.2, 0) is 0 Å². The predicted molar refractivity (Wildman–Crippen MR) is 49.1 cm³/mol. The summed E-state index contributed by atoms with van der Waals surface area (Å²) in [6.45, 7) is 2.03. The van der Waals surface area contributed by atoms with Crippen molar-refractivity contribution in [3.8, 4) is 11.5 Å². The average Bonchev–Trinajstić information content (AvgIpc) is 1.99. The molecule has 1 aromatic rings. The van der Waals surface area contributed by atoms with E-state index in [4.69, 9.17) is 10.2 Å². The van der Waals surface area contributed by atoms with Gasteiger partial charge in [0.05, 0.1) is 0 Å². The molecule has 0 unspecified atom stereocenters. The molecular formula is C10H12O2. The van der Waals surface area contributed by atoms with Crippen LogP contribution in [0.15, 0.2) is 24.3 Å². The number of benzene rings is 1. The highest BCUT2D eigenvalue weighted by Crippen LogP contribution is 2.21. The Labute approximate surface area is 71.8 Å². The van der Waals surface area contributed by atoms with Crippen LogP contribution in [0, 0.1) is 0 Å². The summed E-state index contributed by atoms with van der Waals surface area (Å²) >= 11 is 0. The Hall–Kier alpha value is -1.44. The van der Waals surface area contributed by atoms with Crippen molar-refractivity contribution in [3.05, 3.63) is 29.8 Å². The highest BCUT2D eigenvalue weighted by atomic mass is 16.3. The summed E-state index contributed by atoms with van der Waals surface area (Å²) in [7, 11) is 0. The van der Waals surface area contributed by atoms with Gasteiger partial charge in [0.25, 0.3) is 0 Å². The molecule has 0 radical (unpaired) electrons. The zero-order valence-electron chi connectivity index (χ0n) is 6.99. The van der Waals surface area contributed by atoms with Crippen LogP contribution in [0.25, 0.3) is 6.08 Å². The maximum atomic E-state index is 9.10. The van der Waals surface area contributed by atoms with E-state index in [1.807, 2.05) is 19.1 Å². The largest absolute Gasteiger partial charge is 0.508 e. The number of hydrogen-bond acceptors (Lipinski definition) is 2. The highest BCUT2D eigenvalue weighted by Gasteiger charge is 1.94. The summed E-state index contributed by atoms with van der Waals surface area (Å²) < 4.78 is 0. The monoisotopic (exact) mass is 164 g/mol. The molecule has 0 aromatic heterocycles. The quantitative estimate of drug-likeness (QED) is 0.705. The van der Waals surface area contributed by atoms with Gasteiger partial charge in [-0.25, -0.2) is 0 Å². The Kier molecular flexibility index (Phi) is 2.75. The normalized spacial score (nSPS) is 10.8. The number of phenols is 2. The minimum Gasteiger partial charge on any atom is -0.508 e. The van der Waals surface area contributed by atoms with Gasteiger partial charge in [0, 0.05) is 6.07 Å². The number of phenolic OH excluding ortho intramolecular Hbond substituents is 2. The topological polar surface area (TPSA) is 40.5 Å². The first-order chi connectivity index (χ1) is 5.72. The lowest BCUT2D eigenvalue weighted by molar-refractivity contribution is 0.450. The van der Waals surface area contributed by atoms with E-state index in [1.54, 1.807) is 12.1 Å². The van der Waals surface area contributed by atoms with Crippen LogP contribution >= 0.6 is 0 Å². The van der Waals surface area contributed by atoms with E-state index in [0.717, 1.165) is 12.0 Å². The molecule has 0 aliphatic carbocycles. The highest BCUT2D eigenvalue weighted by molar-refractivity contribution is 5.54. The van der Waals surface area contributed by atoms with Crippen molar-refractivity contribution in [2.45, 2.75) is 13.3 Å². The average molecular weight is 164 g/mol. The number of hydrogen-bond donors (Lipinski definition) is 2. The third-order valence-electron chi connectivity index (χ3n) is 1.47. The van der Waals surface area contributed by atoms with Crippen LogP contribution in [0.4, 0.5) is 0 Å². The third kappa shape index (κ3) is 2.31. The van der Waals surface area contributed by atoms with Crippen LogP contribution in [0.5, 0.6) is 11.5 Å². The van der Waals surface area contributed by atoms with E-state index >= 15 is 0 Å². The van der Waals surface area contributed by atoms with Gasteiger partial charge in [-0.2, -0.15) is 0 Å². The molecule has 12 heavy (non-hydrogen) atoms. The van der Waals surface area contributed by atoms with E-state index in [1.165, 1.54) is 6.07 Å². The molecule has 2 N–H and O–H groups in total. The summed E-state index contributed by atoms with van der Waals surface area (Å²) in [6, 6.07) is 4.51. The Morgan fingerprint density at radius 1 is 1.17 bits per heavy atom. The smallest absolute Gasteiger partial charge is 0.119 e. The molecular weight excluding hydrogens is 152 g/mol. The van der Waals surface area contributed by atoms with Gasteiger partial charge in [0.15, 0.2) is 0 Å². The zero-order valence-corrected chi connectivity index (χ0v) is 6.99. The summed E-state index contributed by atoms with van der Waals surface area (Å²) in [6.07, 6.45) is 4.77. The van der Waals surface area contributed by atoms with Crippen molar-refractivity contribution >= 4 is 6.08 Å². The fourth-order valence-electron chi connectivity index (χ4n) is 0.968. The van der Waals surface area contributed by atoms with Crippen LogP contribution < -0.4 is 0 Å². The van der Waals surface area contributed by atoms with E-state index < -0.39 is 0 Å². The fraction of sp³-hybridized carbons (Fsp3) is 0.200. The van der Waals surface area contributed by atoms with Crippen molar-refractivity contribution in [2.75, 3.05) is 0 Å². The Bertz CT molecular complexity index is 270. The lowest BCUT2D eigenvalue weighted by atomic mass is 10.2. The third-order valence-corrected chi connectivity index (χ3v) is 1.47. The summed E-state index contributed by atoms with van der Waals surface area (Å²) in [5.74, 6) is 0.177. The minimum absolute atomic E-state index is 0.0887. The molecule has 0 saturated heterocycles. The van der Waals surface area contributed by atoms with Gasteiger partial charge in [-0.1, -0.05) is 19.1 Å². The van der Waals surface area contributed by atoms with Crippen LogP contribution in [0.1, 0.15) is 18.9 Å². The Balaban J connectivity index is 2.93. The second-order valence-corrected chi connectivity index (χ2v) is 2.59. The molecule has 0 amide bonds. The van der Waals surface area contributed by atoms with Crippen LogP contribution in [0.2, 0.25) is 0 Å². The number of allylic oxidation sites excluding steroid dienone is 1. The first-order valence-electron chi connectivity index (χ1n) is 3.92. The molecule has 64 valence electrons. The van der Waals surface area contributed by atoms with E-state index in [2.05, 4.69) is 0 Å². The van der Waals surface area contributed by atoms with E-state index in [9.17, 15) is 0 Å². The van der Waals surface area contributed by atoms with Crippen molar-refractivity contribution in [3.63, 3.8) is 0 Å². The molecule has 0 aliphatic heterocycles. The first kappa shape index (κ1) is 8.65. The summed E-state index contributed by atoms with van der Waals surface area (Å²) in [5.41, 5.74) is 0.814. The standard InChI is InChI=1S/C10H12O2/c1-2-3-4-8-5-9(11)7-10(12)6-8/h3-7,11-12H,2H2,1H3. The van der Waals surface area contributed by atoms with Crippen molar-refractivity contribution in [2.24, 2.45) is 0 Å². The molecule has 0 saturated carbocycles. The molecule has 0 fully saturated rings. The maximum Gasteiger partial charge on any atom is 0.119 e. The van der Waals surface area contributed by atoms with Gasteiger partial charge in [-0.3, -0.25) is 0 Å². The summed E-state index contributed by atoms with van der Waals surface area (Å²) in [4.78, 5) is 0. The lowest BCUT2D eigenvalue weighted by Crippen LogP contribution is -1.72. The molecule has 0 heterocycles. The van der Waals surface area contributed by atoms with Gasteiger partial charge in [0.2, 0.25) is 0 Å². The predicted octanol–water partition coefficient (Wildman–Crippen LogP) is 2.52. The molecule has 1 aromatic carbocycles. The summed E-state index contributed by atoms with van der Waals surface area (Å²) in [5, 5.41) is 18.2. The molecule has 1 rings (SSSR count). The maximum absolute atomic E-state index is 9.10. The lowest BCUT2D eigenvalue weighted by Gasteiger charge is -1.97. The first-order valence-corrected chi connectivity index (χ1v) is 3.92. The Morgan fingerprint density at radius 2 is 1.75 bits per heavy atom. The number of aromatic hydroxyl groups is 2. The van der Waals surface area contributed by atoms with Crippen LogP contribution in [0.3, 0.4) is 0 Å². The van der Waals surface area contributed by atoms with Gasteiger partial charge in [-0.15, -0.1) is 0 Å². The molecule has 0 spiro atoms. The van der Waals surface area contributed by atoms with Gasteiger partial charge in [0.1, 0.15) is 11.5 Å². The van der Waals surface area contributed by atoms with Crippen molar-refractivity contribution in [1.29, 1.82) is 0 Å². The van der Waals surface area contributed by atoms with Crippen molar-refractivity contribution in [1.82, 2.24) is 0 Å². The van der Waals surface area contributed by atoms with Gasteiger partial charge >= 0.3 is 0 Å². The molecule has 0 aliphatic rings. The SMILES string of the molecule is CCC=Cc1cc(O)cc(O)c1. The van der Waals surface area contributed by atoms with E-state index in [0.29, 0.717) is 0 Å². The van der Waals surface area contributed by atoms with E-state index in [-0.39, 0.29) is 11.5 Å². The molecule has 0 atom stereocenters. The Morgan fingerprint density at radius 3 is 2.25 bits per heavy atom. The minimum atomic E-state index is 0.0887. The number of rotatable bonds is 2. The van der Waals surface area contributed by atoms with Crippen molar-refractivity contribution < 1.29 is 10.2 Å². The fourth-order valence-corrected chi connectivity index (χ4v) is 0.968. The molecule has 2 heteroatoms. The zero-order chi connectivity index (χ0) is 8.97. The van der Waals surface area contributed by atoms with Gasteiger partial charge in [-0.05, 0) is 24.1 Å². The second-order valence-electron chi connectivity index (χ2n) is 2.59. The van der Waals surface area contributed by atoms with Crippen LogP contribution in [-0.4, -0.2) is 10.2 Å². The van der Waals surface area contributed by atoms with Gasteiger partial charge < -0.3 is 10.2 Å². The molecule has 2 nitrogen and oxygen atoms in total. The molecule has 0 bridgehead atoms.